The molecule has 1 aromatic carbocycles. The van der Waals surface area contributed by atoms with Crippen molar-refractivity contribution in [2.24, 2.45) is 5.92 Å². The van der Waals surface area contributed by atoms with Crippen LogP contribution < -0.4 is 10.6 Å². The number of carbonyl (C=O) groups is 1. The summed E-state index contributed by atoms with van der Waals surface area (Å²) in [6.07, 6.45) is 1.70. The highest BCUT2D eigenvalue weighted by atomic mass is 16.3. The highest BCUT2D eigenvalue weighted by Gasteiger charge is 2.03. The van der Waals surface area contributed by atoms with Gasteiger partial charge in [-0.3, -0.25) is 0 Å². The summed E-state index contributed by atoms with van der Waals surface area (Å²) in [5.41, 5.74) is 1.11. The molecule has 0 aliphatic carbocycles. The maximum atomic E-state index is 11.6. The quantitative estimate of drug-likeness (QED) is 0.685. The average molecular weight is 261 g/mol. The number of rotatable bonds is 6. The minimum atomic E-state index is -0.285. The standard InChI is InChI=1S/C14H19N3O2/c1-11(10-18)4-3-7-16-14(19)17-13-6-2-5-12(8-13)9-15/h2,5-6,8,11,18H,3-4,7,10H2,1H3,(H2,16,17,19). The molecule has 2 amide bonds. The second-order valence-electron chi connectivity index (χ2n) is 4.50. The fraction of sp³-hybridized carbons (Fsp3) is 0.429. The lowest BCUT2D eigenvalue weighted by Gasteiger charge is -2.09. The first kappa shape index (κ1) is 15.0. The smallest absolute Gasteiger partial charge is 0.319 e. The predicted molar refractivity (Wildman–Crippen MR) is 73.7 cm³/mol. The molecule has 1 rings (SSSR count). The van der Waals surface area contributed by atoms with E-state index in [-0.39, 0.29) is 18.6 Å². The van der Waals surface area contributed by atoms with Crippen molar-refractivity contribution >= 4 is 11.7 Å². The molecule has 3 N–H and O–H groups in total. The number of carbonyl (C=O) groups excluding carboxylic acids is 1. The number of benzene rings is 1. The Bertz CT molecular complexity index is 454. The Morgan fingerprint density at radius 2 is 2.32 bits per heavy atom. The van der Waals surface area contributed by atoms with Crippen molar-refractivity contribution in [1.29, 1.82) is 5.26 Å². The number of nitriles is 1. The number of aliphatic hydroxyl groups is 1. The van der Waals surface area contributed by atoms with E-state index in [4.69, 9.17) is 10.4 Å². The monoisotopic (exact) mass is 261 g/mol. The van der Waals surface area contributed by atoms with E-state index in [1.54, 1.807) is 24.3 Å². The van der Waals surface area contributed by atoms with Gasteiger partial charge < -0.3 is 15.7 Å². The van der Waals surface area contributed by atoms with Crippen LogP contribution in [0.4, 0.5) is 10.5 Å². The molecule has 19 heavy (non-hydrogen) atoms. The molecule has 0 aromatic heterocycles. The van der Waals surface area contributed by atoms with E-state index >= 15 is 0 Å². The van der Waals surface area contributed by atoms with Crippen LogP contribution in [0.5, 0.6) is 0 Å². The third-order valence-electron chi connectivity index (χ3n) is 2.72. The fourth-order valence-corrected chi connectivity index (χ4v) is 1.59. The number of anilines is 1. The lowest BCUT2D eigenvalue weighted by atomic mass is 10.1. The van der Waals surface area contributed by atoms with Gasteiger partial charge in [0, 0.05) is 18.8 Å². The minimum Gasteiger partial charge on any atom is -0.396 e. The van der Waals surface area contributed by atoms with E-state index in [1.807, 2.05) is 13.0 Å². The van der Waals surface area contributed by atoms with E-state index in [0.29, 0.717) is 17.8 Å². The fourth-order valence-electron chi connectivity index (χ4n) is 1.59. The van der Waals surface area contributed by atoms with Gasteiger partial charge in [-0.05, 0) is 37.0 Å². The summed E-state index contributed by atoms with van der Waals surface area (Å²) in [6, 6.07) is 8.48. The Balaban J connectivity index is 2.29. The Hall–Kier alpha value is -2.06. The topological polar surface area (TPSA) is 85.2 Å². The molecule has 0 aliphatic heterocycles. The molecule has 1 atom stereocenters. The van der Waals surface area contributed by atoms with Crippen LogP contribution in [0.25, 0.3) is 0 Å². The van der Waals surface area contributed by atoms with Gasteiger partial charge in [0.25, 0.3) is 0 Å². The maximum Gasteiger partial charge on any atom is 0.319 e. The van der Waals surface area contributed by atoms with E-state index < -0.39 is 0 Å². The first-order chi connectivity index (χ1) is 9.15. The summed E-state index contributed by atoms with van der Waals surface area (Å²) in [5.74, 6) is 0.261. The molecule has 5 heteroatoms. The second kappa shape index (κ2) is 8.11. The van der Waals surface area contributed by atoms with Crippen LogP contribution in [-0.2, 0) is 0 Å². The van der Waals surface area contributed by atoms with E-state index in [0.717, 1.165) is 12.8 Å². The summed E-state index contributed by atoms with van der Waals surface area (Å²) >= 11 is 0. The lowest BCUT2D eigenvalue weighted by molar-refractivity contribution is 0.227. The van der Waals surface area contributed by atoms with Crippen molar-refractivity contribution in [3.63, 3.8) is 0 Å². The van der Waals surface area contributed by atoms with Gasteiger partial charge in [-0.1, -0.05) is 13.0 Å². The molecule has 0 radical (unpaired) electrons. The van der Waals surface area contributed by atoms with Crippen LogP contribution in [0.1, 0.15) is 25.3 Å². The third-order valence-corrected chi connectivity index (χ3v) is 2.72. The Morgan fingerprint density at radius 1 is 1.53 bits per heavy atom. The van der Waals surface area contributed by atoms with Crippen molar-refractivity contribution in [3.05, 3.63) is 29.8 Å². The van der Waals surface area contributed by atoms with Crippen molar-refractivity contribution < 1.29 is 9.90 Å². The Kier molecular flexibility index (Phi) is 6.41. The number of amides is 2. The van der Waals surface area contributed by atoms with Crippen LogP contribution >= 0.6 is 0 Å². The van der Waals surface area contributed by atoms with E-state index in [1.165, 1.54) is 0 Å². The lowest BCUT2D eigenvalue weighted by Crippen LogP contribution is -2.29. The number of nitrogens with zero attached hydrogens (tertiary/aromatic N) is 1. The number of hydrogen-bond donors (Lipinski definition) is 3. The summed E-state index contributed by atoms with van der Waals surface area (Å²) in [6.45, 7) is 2.70. The first-order valence-electron chi connectivity index (χ1n) is 6.31. The first-order valence-corrected chi connectivity index (χ1v) is 6.31. The van der Waals surface area contributed by atoms with Gasteiger partial charge in [-0.15, -0.1) is 0 Å². The van der Waals surface area contributed by atoms with Crippen LogP contribution in [0.3, 0.4) is 0 Å². The minimum absolute atomic E-state index is 0.174. The van der Waals surface area contributed by atoms with Crippen molar-refractivity contribution in [2.75, 3.05) is 18.5 Å². The Labute approximate surface area is 113 Å². The van der Waals surface area contributed by atoms with Gasteiger partial charge in [0.05, 0.1) is 11.6 Å². The second-order valence-corrected chi connectivity index (χ2v) is 4.50. The zero-order chi connectivity index (χ0) is 14.1. The van der Waals surface area contributed by atoms with Gasteiger partial charge in [-0.2, -0.15) is 5.26 Å². The van der Waals surface area contributed by atoms with Gasteiger partial charge in [-0.25, -0.2) is 4.79 Å². The summed E-state index contributed by atoms with van der Waals surface area (Å²) in [7, 11) is 0. The molecular formula is C14H19N3O2. The molecule has 1 aromatic rings. The van der Waals surface area contributed by atoms with Crippen molar-refractivity contribution in [3.8, 4) is 6.07 Å². The molecule has 102 valence electrons. The van der Waals surface area contributed by atoms with Crippen LogP contribution in [0.2, 0.25) is 0 Å². The molecule has 0 saturated carbocycles. The van der Waals surface area contributed by atoms with Gasteiger partial charge in [0.2, 0.25) is 0 Å². The third kappa shape index (κ3) is 5.89. The van der Waals surface area contributed by atoms with Crippen molar-refractivity contribution in [2.45, 2.75) is 19.8 Å². The summed E-state index contributed by atoms with van der Waals surface area (Å²) < 4.78 is 0. The van der Waals surface area contributed by atoms with Gasteiger partial charge in [0.15, 0.2) is 0 Å². The van der Waals surface area contributed by atoms with E-state index in [2.05, 4.69) is 10.6 Å². The van der Waals surface area contributed by atoms with Gasteiger partial charge in [0.1, 0.15) is 0 Å². The molecule has 0 aliphatic rings. The van der Waals surface area contributed by atoms with Crippen LogP contribution in [0, 0.1) is 17.2 Å². The van der Waals surface area contributed by atoms with Crippen LogP contribution in [0.15, 0.2) is 24.3 Å². The number of urea groups is 1. The number of aliphatic hydroxyl groups excluding tert-OH is 1. The molecular weight excluding hydrogens is 242 g/mol. The number of nitrogens with one attached hydrogen (secondary N) is 2. The van der Waals surface area contributed by atoms with Gasteiger partial charge >= 0.3 is 6.03 Å². The largest absolute Gasteiger partial charge is 0.396 e. The zero-order valence-electron chi connectivity index (χ0n) is 11.0. The molecule has 0 heterocycles. The van der Waals surface area contributed by atoms with Crippen LogP contribution in [-0.4, -0.2) is 24.3 Å². The SMILES string of the molecule is CC(CO)CCCNC(=O)Nc1cccc(C#N)c1. The predicted octanol–water partition coefficient (Wildman–Crippen LogP) is 2.09. The Morgan fingerprint density at radius 3 is 3.00 bits per heavy atom. The maximum absolute atomic E-state index is 11.6. The highest BCUT2D eigenvalue weighted by molar-refractivity contribution is 5.89. The average Bonchev–Trinajstić information content (AvgIpc) is 2.43. The zero-order valence-corrected chi connectivity index (χ0v) is 11.0. The normalized spacial score (nSPS) is 11.4. The highest BCUT2D eigenvalue weighted by Crippen LogP contribution is 2.09. The molecule has 0 saturated heterocycles. The molecule has 0 fully saturated rings. The molecule has 0 spiro atoms. The summed E-state index contributed by atoms with van der Waals surface area (Å²) in [4.78, 5) is 11.6. The van der Waals surface area contributed by atoms with E-state index in [9.17, 15) is 4.79 Å². The summed E-state index contributed by atoms with van der Waals surface area (Å²) in [5, 5.41) is 23.0. The number of hydrogen-bond acceptors (Lipinski definition) is 3. The molecule has 0 bridgehead atoms. The van der Waals surface area contributed by atoms with Crippen molar-refractivity contribution in [1.82, 2.24) is 5.32 Å². The molecule has 5 nitrogen and oxygen atoms in total. The molecule has 1 unspecified atom stereocenters.